The molecular weight excluding hydrogens is 532 g/mol. The van der Waals surface area contributed by atoms with Gasteiger partial charge in [0.15, 0.2) is 15.6 Å². The second kappa shape index (κ2) is 10.4. The highest BCUT2D eigenvalue weighted by atomic mass is 35.5. The fourth-order valence-corrected chi connectivity index (χ4v) is 6.06. The third-order valence-electron chi connectivity index (χ3n) is 6.00. The maximum Gasteiger partial charge on any atom is 0.187 e. The van der Waals surface area contributed by atoms with Gasteiger partial charge in [-0.1, -0.05) is 35.9 Å². The van der Waals surface area contributed by atoms with Crippen LogP contribution in [-0.4, -0.2) is 34.5 Å². The Balaban J connectivity index is 1.52. The van der Waals surface area contributed by atoms with Crippen LogP contribution in [0.2, 0.25) is 5.15 Å². The Morgan fingerprint density at radius 3 is 2.53 bits per heavy atom. The lowest BCUT2D eigenvalue weighted by molar-refractivity contribution is -0.116. The van der Waals surface area contributed by atoms with Crippen LogP contribution in [0.25, 0.3) is 22.0 Å². The molecule has 192 valence electrons. The Kier molecular flexibility index (Phi) is 7.05. The van der Waals surface area contributed by atoms with E-state index in [1.807, 2.05) is 18.2 Å². The van der Waals surface area contributed by atoms with Crippen LogP contribution < -0.4 is 0 Å². The topological polar surface area (TPSA) is 81.9 Å². The van der Waals surface area contributed by atoms with Gasteiger partial charge < -0.3 is 4.57 Å². The Labute approximate surface area is 222 Å². The van der Waals surface area contributed by atoms with Gasteiger partial charge in [0.2, 0.25) is 0 Å². The maximum absolute atomic E-state index is 15.0. The number of ketones is 1. The maximum atomic E-state index is 15.0. The van der Waals surface area contributed by atoms with Crippen LogP contribution in [0.1, 0.15) is 11.3 Å². The fourth-order valence-electron chi connectivity index (χ4n) is 4.35. The summed E-state index contributed by atoms with van der Waals surface area (Å²) in [4.78, 5) is 20.3. The van der Waals surface area contributed by atoms with Gasteiger partial charge in [0.25, 0.3) is 0 Å². The van der Waals surface area contributed by atoms with Gasteiger partial charge in [-0.15, -0.1) is 0 Å². The van der Waals surface area contributed by atoms with Crippen LogP contribution in [0.4, 0.5) is 8.78 Å². The van der Waals surface area contributed by atoms with E-state index in [9.17, 15) is 22.0 Å². The highest BCUT2D eigenvalue weighted by Gasteiger charge is 2.27. The van der Waals surface area contributed by atoms with Crippen molar-refractivity contribution in [2.75, 3.05) is 5.75 Å². The standard InChI is InChI=1S/C28H20ClF2N3O3S/c29-28-23(8-4-10-33-28)19-6-3-5-18(11-19)15-34-16-26(27-24(31)12-20(30)13-25(27)34)38(36,37)17-22(35)14-21-7-1-2-9-32-21/h1-13,16H,14-15,17H2. The molecule has 0 spiro atoms. The Hall–Kier alpha value is -3.95. The normalized spacial score (nSPS) is 11.7. The number of pyridine rings is 2. The molecule has 38 heavy (non-hydrogen) atoms. The molecule has 10 heteroatoms. The van der Waals surface area contributed by atoms with E-state index in [0.717, 1.165) is 17.2 Å². The van der Waals surface area contributed by atoms with E-state index in [-0.39, 0.29) is 28.8 Å². The quantitative estimate of drug-likeness (QED) is 0.232. The summed E-state index contributed by atoms with van der Waals surface area (Å²) < 4.78 is 57.2. The summed E-state index contributed by atoms with van der Waals surface area (Å²) in [7, 11) is -4.26. The van der Waals surface area contributed by atoms with Gasteiger partial charge in [-0.2, -0.15) is 0 Å². The summed E-state index contributed by atoms with van der Waals surface area (Å²) in [5, 5.41) is 0.0625. The first-order valence-electron chi connectivity index (χ1n) is 11.5. The van der Waals surface area contributed by atoms with Crippen LogP contribution >= 0.6 is 11.6 Å². The van der Waals surface area contributed by atoms with Crippen molar-refractivity contribution in [2.45, 2.75) is 17.9 Å². The lowest BCUT2D eigenvalue weighted by Gasteiger charge is -2.09. The zero-order valence-electron chi connectivity index (χ0n) is 19.8. The smallest absolute Gasteiger partial charge is 0.187 e. The number of halogens is 3. The monoisotopic (exact) mass is 551 g/mol. The predicted octanol–water partition coefficient (Wildman–Crippen LogP) is 5.66. The molecule has 0 unspecified atom stereocenters. The van der Waals surface area contributed by atoms with Crippen LogP contribution in [0, 0.1) is 11.6 Å². The molecule has 0 N–H and O–H groups in total. The minimum Gasteiger partial charge on any atom is -0.342 e. The van der Waals surface area contributed by atoms with E-state index in [0.29, 0.717) is 22.5 Å². The first-order valence-corrected chi connectivity index (χ1v) is 13.6. The van der Waals surface area contributed by atoms with Crippen LogP contribution in [0.15, 0.2) is 90.2 Å². The SMILES string of the molecule is O=C(Cc1ccccn1)CS(=O)(=O)c1cn(Cc2cccc(-c3cccnc3Cl)c2)c2cc(F)cc(F)c12. The number of nitrogens with zero attached hydrogens (tertiary/aromatic N) is 3. The summed E-state index contributed by atoms with van der Waals surface area (Å²) in [5.41, 5.74) is 2.71. The van der Waals surface area contributed by atoms with Crippen molar-refractivity contribution in [2.24, 2.45) is 0 Å². The molecule has 0 aliphatic rings. The molecule has 5 rings (SSSR count). The molecule has 0 atom stereocenters. The average Bonchev–Trinajstić information content (AvgIpc) is 3.24. The number of fused-ring (bicyclic) bond motifs is 1. The molecule has 3 aromatic heterocycles. The van der Waals surface area contributed by atoms with E-state index in [4.69, 9.17) is 11.6 Å². The van der Waals surface area contributed by atoms with Crippen molar-refractivity contribution in [3.63, 3.8) is 0 Å². The molecule has 2 aromatic carbocycles. The van der Waals surface area contributed by atoms with E-state index in [2.05, 4.69) is 9.97 Å². The number of sulfone groups is 1. The lowest BCUT2D eigenvalue weighted by Crippen LogP contribution is -2.18. The van der Waals surface area contributed by atoms with Gasteiger partial charge in [0.1, 0.15) is 22.5 Å². The molecule has 0 aliphatic heterocycles. The molecule has 0 radical (unpaired) electrons. The number of rotatable bonds is 8. The molecule has 0 saturated heterocycles. The molecular formula is C28H20ClF2N3O3S. The van der Waals surface area contributed by atoms with Gasteiger partial charge in [0, 0.05) is 48.9 Å². The van der Waals surface area contributed by atoms with Crippen molar-refractivity contribution in [1.29, 1.82) is 0 Å². The minimum atomic E-state index is -4.26. The second-order valence-corrected chi connectivity index (χ2v) is 11.1. The molecule has 0 bridgehead atoms. The van der Waals surface area contributed by atoms with Crippen molar-refractivity contribution in [1.82, 2.24) is 14.5 Å². The minimum absolute atomic E-state index is 0.0584. The van der Waals surface area contributed by atoms with Gasteiger partial charge in [-0.3, -0.25) is 9.78 Å². The predicted molar refractivity (Wildman–Crippen MR) is 141 cm³/mol. The Morgan fingerprint density at radius 1 is 0.947 bits per heavy atom. The molecule has 0 aliphatic carbocycles. The number of hydrogen-bond donors (Lipinski definition) is 0. The van der Waals surface area contributed by atoms with E-state index >= 15 is 0 Å². The van der Waals surface area contributed by atoms with Gasteiger partial charge >= 0.3 is 0 Å². The molecule has 5 aromatic rings. The number of Topliss-reactive ketones (excluding diaryl/α,β-unsaturated/α-hetero) is 1. The largest absolute Gasteiger partial charge is 0.342 e. The first kappa shape index (κ1) is 25.7. The van der Waals surface area contributed by atoms with Crippen molar-refractivity contribution >= 4 is 38.1 Å². The third-order valence-corrected chi connectivity index (χ3v) is 7.99. The third kappa shape index (κ3) is 5.34. The Morgan fingerprint density at radius 2 is 1.76 bits per heavy atom. The molecule has 0 amide bonds. The number of aromatic nitrogens is 3. The zero-order valence-corrected chi connectivity index (χ0v) is 21.4. The van der Waals surface area contributed by atoms with Crippen LogP contribution in [0.3, 0.4) is 0 Å². The zero-order chi connectivity index (χ0) is 26.9. The molecule has 0 fully saturated rings. The molecule has 0 saturated carbocycles. The van der Waals surface area contributed by atoms with E-state index in [1.54, 1.807) is 42.6 Å². The number of carbonyl (C=O) groups is 1. The van der Waals surface area contributed by atoms with E-state index < -0.39 is 33.0 Å². The summed E-state index contributed by atoms with van der Waals surface area (Å²) in [5.74, 6) is -3.30. The number of benzene rings is 2. The number of hydrogen-bond acceptors (Lipinski definition) is 5. The molecule has 3 heterocycles. The van der Waals surface area contributed by atoms with Crippen LogP contribution in [0.5, 0.6) is 0 Å². The summed E-state index contributed by atoms with van der Waals surface area (Å²) in [6, 6.07) is 17.6. The highest BCUT2D eigenvalue weighted by molar-refractivity contribution is 7.92. The average molecular weight is 552 g/mol. The van der Waals surface area contributed by atoms with Gasteiger partial charge in [-0.25, -0.2) is 22.2 Å². The second-order valence-electron chi connectivity index (χ2n) is 8.74. The fraction of sp³-hybridized carbons (Fsp3) is 0.107. The van der Waals surface area contributed by atoms with Crippen molar-refractivity contribution < 1.29 is 22.0 Å². The summed E-state index contributed by atoms with van der Waals surface area (Å²) >= 11 is 6.23. The molecule has 6 nitrogen and oxygen atoms in total. The summed E-state index contributed by atoms with van der Waals surface area (Å²) in [6.07, 6.45) is 4.15. The van der Waals surface area contributed by atoms with E-state index in [1.165, 1.54) is 17.0 Å². The first-order chi connectivity index (χ1) is 18.2. The van der Waals surface area contributed by atoms with Gasteiger partial charge in [0.05, 0.1) is 15.8 Å². The number of carbonyl (C=O) groups excluding carboxylic acids is 1. The van der Waals surface area contributed by atoms with Crippen LogP contribution in [-0.2, 0) is 27.6 Å². The highest BCUT2D eigenvalue weighted by Crippen LogP contribution is 2.32. The Bertz CT molecular complexity index is 1770. The summed E-state index contributed by atoms with van der Waals surface area (Å²) in [6.45, 7) is 0.114. The lowest BCUT2D eigenvalue weighted by atomic mass is 10.0. The van der Waals surface area contributed by atoms with Crippen molar-refractivity contribution in [3.8, 4) is 11.1 Å². The van der Waals surface area contributed by atoms with Crippen molar-refractivity contribution in [3.05, 3.63) is 113 Å². The van der Waals surface area contributed by atoms with Gasteiger partial charge in [-0.05, 0) is 47.5 Å².